The molecule has 0 radical (unpaired) electrons. The molecule has 2 heteroatoms. The topological polar surface area (TPSA) is 40.5 Å². The second kappa shape index (κ2) is 6.99. The molecule has 0 fully saturated rings. The second-order valence-electron chi connectivity index (χ2n) is 5.33. The van der Waals surface area contributed by atoms with E-state index in [2.05, 4.69) is 20.1 Å². The average molecular weight is 294 g/mol. The van der Waals surface area contributed by atoms with Gasteiger partial charge in [-0.15, -0.1) is 13.2 Å². The predicted molar refractivity (Wildman–Crippen MR) is 92.4 cm³/mol. The van der Waals surface area contributed by atoms with Crippen molar-refractivity contribution in [2.45, 2.75) is 26.2 Å². The standard InChI is InChI=1S/C20H22O2/c1-4-7-15-13-17(21)9-10-18(15)19-12-14(6-3)11-16(8-5-2)20(19)22/h4-5,9-13,21-22H,1-2,6-8H2,3H3. The van der Waals surface area contributed by atoms with Crippen LogP contribution in [0.4, 0.5) is 0 Å². The van der Waals surface area contributed by atoms with Crippen LogP contribution in [0.15, 0.2) is 55.6 Å². The Kier molecular flexibility index (Phi) is 5.05. The van der Waals surface area contributed by atoms with Crippen LogP contribution < -0.4 is 0 Å². The van der Waals surface area contributed by atoms with E-state index in [0.717, 1.165) is 28.7 Å². The minimum absolute atomic E-state index is 0.220. The van der Waals surface area contributed by atoms with Crippen LogP contribution in [0.2, 0.25) is 0 Å². The lowest BCUT2D eigenvalue weighted by Gasteiger charge is -2.15. The van der Waals surface area contributed by atoms with E-state index in [0.29, 0.717) is 12.8 Å². The van der Waals surface area contributed by atoms with Gasteiger partial charge in [0.2, 0.25) is 0 Å². The van der Waals surface area contributed by atoms with Gasteiger partial charge in [-0.1, -0.05) is 31.2 Å². The third kappa shape index (κ3) is 3.22. The summed E-state index contributed by atoms with van der Waals surface area (Å²) in [5.74, 6) is 0.506. The smallest absolute Gasteiger partial charge is 0.126 e. The molecule has 22 heavy (non-hydrogen) atoms. The number of rotatable bonds is 6. The third-order valence-corrected chi connectivity index (χ3v) is 3.76. The largest absolute Gasteiger partial charge is 0.508 e. The minimum atomic E-state index is 0.220. The average Bonchev–Trinajstić information content (AvgIpc) is 2.50. The molecular formula is C20H22O2. The summed E-state index contributed by atoms with van der Waals surface area (Å²) in [6.45, 7) is 9.61. The molecule has 0 bridgehead atoms. The minimum Gasteiger partial charge on any atom is -0.508 e. The molecule has 0 aliphatic rings. The van der Waals surface area contributed by atoms with Gasteiger partial charge in [-0.05, 0) is 59.7 Å². The van der Waals surface area contributed by atoms with E-state index < -0.39 is 0 Å². The Morgan fingerprint density at radius 1 is 0.909 bits per heavy atom. The first-order valence-corrected chi connectivity index (χ1v) is 7.49. The van der Waals surface area contributed by atoms with Crippen LogP contribution in [-0.2, 0) is 19.3 Å². The maximum atomic E-state index is 10.6. The van der Waals surface area contributed by atoms with Gasteiger partial charge in [-0.25, -0.2) is 0 Å². The zero-order chi connectivity index (χ0) is 16.1. The number of benzene rings is 2. The fraction of sp³-hybridized carbons (Fsp3) is 0.200. The van der Waals surface area contributed by atoms with Crippen molar-refractivity contribution in [3.63, 3.8) is 0 Å². The van der Waals surface area contributed by atoms with Crippen molar-refractivity contribution < 1.29 is 10.2 Å². The van der Waals surface area contributed by atoms with Crippen LogP contribution in [0.5, 0.6) is 11.5 Å². The Labute approximate surface area is 132 Å². The van der Waals surface area contributed by atoms with Gasteiger partial charge in [0, 0.05) is 5.56 Å². The SMILES string of the molecule is C=CCc1cc(O)ccc1-c1cc(CC)cc(CC=C)c1O. The maximum Gasteiger partial charge on any atom is 0.126 e. The van der Waals surface area contributed by atoms with E-state index in [9.17, 15) is 10.2 Å². The molecule has 0 saturated carbocycles. The zero-order valence-electron chi connectivity index (χ0n) is 13.0. The Morgan fingerprint density at radius 2 is 1.59 bits per heavy atom. The summed E-state index contributed by atoms with van der Waals surface area (Å²) in [5, 5.41) is 20.3. The van der Waals surface area contributed by atoms with Crippen LogP contribution >= 0.6 is 0 Å². The maximum absolute atomic E-state index is 10.6. The highest BCUT2D eigenvalue weighted by Gasteiger charge is 2.14. The van der Waals surface area contributed by atoms with Crippen molar-refractivity contribution >= 4 is 0 Å². The Hall–Kier alpha value is -2.48. The molecule has 2 N–H and O–H groups in total. The quantitative estimate of drug-likeness (QED) is 0.752. The normalized spacial score (nSPS) is 10.4. The number of hydrogen-bond acceptors (Lipinski definition) is 2. The van der Waals surface area contributed by atoms with Gasteiger partial charge in [-0.2, -0.15) is 0 Å². The molecule has 0 amide bonds. The van der Waals surface area contributed by atoms with Crippen LogP contribution in [0.3, 0.4) is 0 Å². The van der Waals surface area contributed by atoms with Crippen LogP contribution in [0, 0.1) is 0 Å². The number of hydrogen-bond donors (Lipinski definition) is 2. The highest BCUT2D eigenvalue weighted by molar-refractivity contribution is 5.76. The molecule has 0 spiro atoms. The molecule has 2 aromatic carbocycles. The van der Waals surface area contributed by atoms with Crippen molar-refractivity contribution in [1.29, 1.82) is 0 Å². The Morgan fingerprint density at radius 3 is 2.23 bits per heavy atom. The monoisotopic (exact) mass is 294 g/mol. The molecule has 0 unspecified atom stereocenters. The third-order valence-electron chi connectivity index (χ3n) is 3.76. The van der Waals surface area contributed by atoms with Crippen LogP contribution in [-0.4, -0.2) is 10.2 Å². The number of allylic oxidation sites excluding steroid dienone is 2. The van der Waals surface area contributed by atoms with E-state index in [-0.39, 0.29) is 11.5 Å². The molecule has 0 heterocycles. The first-order valence-electron chi connectivity index (χ1n) is 7.49. The summed E-state index contributed by atoms with van der Waals surface area (Å²) in [6, 6.07) is 9.25. The molecule has 0 aliphatic heterocycles. The summed E-state index contributed by atoms with van der Waals surface area (Å²) < 4.78 is 0. The molecule has 0 saturated heterocycles. The number of aryl methyl sites for hydroxylation is 1. The highest BCUT2D eigenvalue weighted by Crippen LogP contribution is 2.37. The molecule has 2 rings (SSSR count). The van der Waals surface area contributed by atoms with Crippen molar-refractivity contribution in [3.05, 3.63) is 72.3 Å². The van der Waals surface area contributed by atoms with Gasteiger partial charge in [0.05, 0.1) is 0 Å². The lowest BCUT2D eigenvalue weighted by atomic mass is 9.92. The summed E-state index contributed by atoms with van der Waals surface area (Å²) in [6.07, 6.45) is 5.74. The van der Waals surface area contributed by atoms with Crippen LogP contribution in [0.1, 0.15) is 23.6 Å². The molecule has 114 valence electrons. The lowest BCUT2D eigenvalue weighted by molar-refractivity contribution is 0.470. The van der Waals surface area contributed by atoms with Gasteiger partial charge in [-0.3, -0.25) is 0 Å². The van der Waals surface area contributed by atoms with Gasteiger partial charge in [0.25, 0.3) is 0 Å². The number of aromatic hydroxyl groups is 2. The molecule has 0 aliphatic carbocycles. The van der Waals surface area contributed by atoms with E-state index >= 15 is 0 Å². The lowest BCUT2D eigenvalue weighted by Crippen LogP contribution is -1.94. The molecule has 2 aromatic rings. The van der Waals surface area contributed by atoms with Crippen LogP contribution in [0.25, 0.3) is 11.1 Å². The molecular weight excluding hydrogens is 272 g/mol. The van der Waals surface area contributed by atoms with Crippen molar-refractivity contribution in [3.8, 4) is 22.6 Å². The number of phenolic OH excluding ortho intramolecular Hbond substituents is 2. The van der Waals surface area contributed by atoms with Crippen molar-refractivity contribution in [1.82, 2.24) is 0 Å². The van der Waals surface area contributed by atoms with Gasteiger partial charge in [0.1, 0.15) is 11.5 Å². The van der Waals surface area contributed by atoms with E-state index in [1.165, 1.54) is 5.56 Å². The van der Waals surface area contributed by atoms with Gasteiger partial charge >= 0.3 is 0 Å². The Balaban J connectivity index is 2.68. The number of phenols is 2. The molecule has 0 atom stereocenters. The fourth-order valence-electron chi connectivity index (χ4n) is 2.65. The molecule has 2 nitrogen and oxygen atoms in total. The highest BCUT2D eigenvalue weighted by atomic mass is 16.3. The van der Waals surface area contributed by atoms with E-state index in [1.807, 2.05) is 18.2 Å². The van der Waals surface area contributed by atoms with Gasteiger partial charge < -0.3 is 10.2 Å². The predicted octanol–water partition coefficient (Wildman–Crippen LogP) is 4.78. The summed E-state index contributed by atoms with van der Waals surface area (Å²) >= 11 is 0. The second-order valence-corrected chi connectivity index (χ2v) is 5.33. The van der Waals surface area contributed by atoms with Gasteiger partial charge in [0.15, 0.2) is 0 Å². The summed E-state index contributed by atoms with van der Waals surface area (Å²) in [7, 11) is 0. The van der Waals surface area contributed by atoms with E-state index in [4.69, 9.17) is 0 Å². The summed E-state index contributed by atoms with van der Waals surface area (Å²) in [5.41, 5.74) is 4.72. The van der Waals surface area contributed by atoms with E-state index in [1.54, 1.807) is 24.3 Å². The van der Waals surface area contributed by atoms with Crippen molar-refractivity contribution in [2.75, 3.05) is 0 Å². The molecule has 0 aromatic heterocycles. The fourth-order valence-corrected chi connectivity index (χ4v) is 2.65. The first-order chi connectivity index (χ1) is 10.6. The van der Waals surface area contributed by atoms with Crippen molar-refractivity contribution in [2.24, 2.45) is 0 Å². The summed E-state index contributed by atoms with van der Waals surface area (Å²) in [4.78, 5) is 0. The Bertz CT molecular complexity index is 699. The zero-order valence-corrected chi connectivity index (χ0v) is 13.0. The first kappa shape index (κ1) is 15.9.